The summed E-state index contributed by atoms with van der Waals surface area (Å²) in [5, 5.41) is 3.02. The lowest BCUT2D eigenvalue weighted by Gasteiger charge is -2.09. The quantitative estimate of drug-likeness (QED) is 0.674. The molecule has 0 fully saturated rings. The zero-order chi connectivity index (χ0) is 13.4. The van der Waals surface area contributed by atoms with Crippen LogP contribution < -0.4 is 5.32 Å². The van der Waals surface area contributed by atoms with Crippen LogP contribution in [0.5, 0.6) is 0 Å². The molecule has 18 heavy (non-hydrogen) atoms. The number of ether oxygens (including phenoxy) is 1. The van der Waals surface area contributed by atoms with Gasteiger partial charge in [-0.1, -0.05) is 0 Å². The summed E-state index contributed by atoms with van der Waals surface area (Å²) in [6, 6.07) is 0. The fourth-order valence-corrected chi connectivity index (χ4v) is 1.96. The first-order valence-electron chi connectivity index (χ1n) is 6.03. The van der Waals surface area contributed by atoms with E-state index in [1.54, 1.807) is 6.20 Å². The van der Waals surface area contributed by atoms with Crippen LogP contribution >= 0.6 is 0 Å². The van der Waals surface area contributed by atoms with Crippen molar-refractivity contribution >= 4 is 15.8 Å². The van der Waals surface area contributed by atoms with Crippen LogP contribution in [-0.2, 0) is 21.1 Å². The molecule has 6 nitrogen and oxygen atoms in total. The summed E-state index contributed by atoms with van der Waals surface area (Å²) in [6.07, 6.45) is 5.70. The van der Waals surface area contributed by atoms with E-state index >= 15 is 0 Å². The van der Waals surface area contributed by atoms with Gasteiger partial charge in [0.15, 0.2) is 0 Å². The molecule has 7 heteroatoms. The van der Waals surface area contributed by atoms with Crippen molar-refractivity contribution in [2.75, 3.05) is 37.1 Å². The molecule has 1 heterocycles. The highest BCUT2D eigenvalue weighted by Crippen LogP contribution is 2.05. The molecule has 1 rings (SSSR count). The number of hydrogen-bond donors (Lipinski definition) is 1. The Morgan fingerprint density at radius 3 is 2.94 bits per heavy atom. The molecule has 1 aromatic rings. The van der Waals surface area contributed by atoms with Crippen LogP contribution in [0.25, 0.3) is 0 Å². The molecule has 0 aromatic carbocycles. The molecule has 0 aliphatic carbocycles. The second-order valence-corrected chi connectivity index (χ2v) is 6.31. The van der Waals surface area contributed by atoms with Crippen molar-refractivity contribution in [3.05, 3.63) is 12.4 Å². The summed E-state index contributed by atoms with van der Waals surface area (Å²) in [4.78, 5) is 4.15. The van der Waals surface area contributed by atoms with Gasteiger partial charge in [0, 0.05) is 45.0 Å². The Morgan fingerprint density at radius 2 is 2.28 bits per heavy atom. The molecular weight excluding hydrogens is 254 g/mol. The van der Waals surface area contributed by atoms with E-state index in [1.807, 2.05) is 17.7 Å². The minimum absolute atomic E-state index is 0.110. The maximum absolute atomic E-state index is 11.0. The van der Waals surface area contributed by atoms with Gasteiger partial charge in [0.2, 0.25) is 5.95 Å². The number of imidazole rings is 1. The molecule has 0 bridgehead atoms. The molecule has 0 aliphatic heterocycles. The molecule has 0 saturated heterocycles. The van der Waals surface area contributed by atoms with Crippen LogP contribution in [0.2, 0.25) is 0 Å². The van der Waals surface area contributed by atoms with Crippen molar-refractivity contribution in [1.29, 1.82) is 0 Å². The SMILES string of the molecule is CCOCCCn1ccnc1NCCS(C)(=O)=O. The molecule has 0 spiro atoms. The van der Waals surface area contributed by atoms with Crippen LogP contribution in [0, 0.1) is 0 Å². The zero-order valence-corrected chi connectivity index (χ0v) is 11.7. The molecule has 0 atom stereocenters. The minimum atomic E-state index is -2.93. The van der Waals surface area contributed by atoms with Gasteiger partial charge < -0.3 is 14.6 Å². The molecule has 0 unspecified atom stereocenters. The molecule has 1 aromatic heterocycles. The monoisotopic (exact) mass is 275 g/mol. The van der Waals surface area contributed by atoms with Crippen molar-refractivity contribution in [3.63, 3.8) is 0 Å². The van der Waals surface area contributed by atoms with E-state index in [0.29, 0.717) is 12.5 Å². The Kier molecular flexibility index (Phi) is 6.14. The number of aryl methyl sites for hydroxylation is 1. The third kappa shape index (κ3) is 6.02. The molecule has 0 amide bonds. The number of anilines is 1. The first kappa shape index (κ1) is 15.0. The van der Waals surface area contributed by atoms with Crippen LogP contribution in [0.4, 0.5) is 5.95 Å². The van der Waals surface area contributed by atoms with Gasteiger partial charge >= 0.3 is 0 Å². The first-order chi connectivity index (χ1) is 8.53. The Labute approximate surface area is 108 Å². The maximum atomic E-state index is 11.0. The lowest BCUT2D eigenvalue weighted by molar-refractivity contribution is 0.142. The predicted molar refractivity (Wildman–Crippen MR) is 71.5 cm³/mol. The summed E-state index contributed by atoms with van der Waals surface area (Å²) in [5.41, 5.74) is 0. The third-order valence-corrected chi connectivity index (χ3v) is 3.31. The van der Waals surface area contributed by atoms with Gasteiger partial charge in [-0.3, -0.25) is 0 Å². The molecular formula is C11H21N3O3S. The van der Waals surface area contributed by atoms with Crippen molar-refractivity contribution in [1.82, 2.24) is 9.55 Å². The normalized spacial score (nSPS) is 11.7. The number of sulfone groups is 1. The summed E-state index contributed by atoms with van der Waals surface area (Å²) >= 11 is 0. The van der Waals surface area contributed by atoms with Gasteiger partial charge in [-0.15, -0.1) is 0 Å². The summed E-state index contributed by atoms with van der Waals surface area (Å²) < 4.78 is 29.2. The van der Waals surface area contributed by atoms with E-state index in [0.717, 1.165) is 26.2 Å². The van der Waals surface area contributed by atoms with E-state index in [-0.39, 0.29) is 5.75 Å². The number of nitrogens with zero attached hydrogens (tertiary/aromatic N) is 2. The van der Waals surface area contributed by atoms with Crippen molar-refractivity contribution in [2.45, 2.75) is 19.9 Å². The highest BCUT2D eigenvalue weighted by atomic mass is 32.2. The van der Waals surface area contributed by atoms with Gasteiger partial charge in [-0.2, -0.15) is 0 Å². The number of aromatic nitrogens is 2. The lowest BCUT2D eigenvalue weighted by Crippen LogP contribution is -2.17. The second kappa shape index (κ2) is 7.38. The fraction of sp³-hybridized carbons (Fsp3) is 0.727. The van der Waals surface area contributed by atoms with Crippen molar-refractivity contribution < 1.29 is 13.2 Å². The van der Waals surface area contributed by atoms with E-state index in [1.165, 1.54) is 6.26 Å². The van der Waals surface area contributed by atoms with Crippen molar-refractivity contribution in [2.24, 2.45) is 0 Å². The summed E-state index contributed by atoms with van der Waals surface area (Å²) in [7, 11) is -2.93. The molecule has 104 valence electrons. The molecule has 1 N–H and O–H groups in total. The van der Waals surface area contributed by atoms with E-state index in [9.17, 15) is 8.42 Å². The minimum Gasteiger partial charge on any atom is -0.382 e. The second-order valence-electron chi connectivity index (χ2n) is 4.05. The largest absolute Gasteiger partial charge is 0.382 e. The summed E-state index contributed by atoms with van der Waals surface area (Å²) in [6.45, 7) is 4.60. The standard InChI is InChI=1S/C11H21N3O3S/c1-3-17-9-4-7-14-8-5-12-11(14)13-6-10-18(2,15)16/h5,8H,3-4,6-7,9-10H2,1-2H3,(H,12,13). The molecule has 0 aliphatic rings. The van der Waals surface area contributed by atoms with Gasteiger partial charge in [0.05, 0.1) is 5.75 Å². The van der Waals surface area contributed by atoms with Gasteiger partial charge in [0.25, 0.3) is 0 Å². The van der Waals surface area contributed by atoms with Gasteiger partial charge in [-0.25, -0.2) is 13.4 Å². The topological polar surface area (TPSA) is 73.2 Å². The van der Waals surface area contributed by atoms with E-state index in [4.69, 9.17) is 4.74 Å². The van der Waals surface area contributed by atoms with Crippen LogP contribution in [-0.4, -0.2) is 49.7 Å². The highest BCUT2D eigenvalue weighted by Gasteiger charge is 2.05. The van der Waals surface area contributed by atoms with E-state index < -0.39 is 9.84 Å². The summed E-state index contributed by atoms with van der Waals surface area (Å²) in [5.74, 6) is 0.814. The van der Waals surface area contributed by atoms with Crippen LogP contribution in [0.15, 0.2) is 12.4 Å². The average Bonchev–Trinajstić information content (AvgIpc) is 2.71. The Morgan fingerprint density at radius 1 is 1.50 bits per heavy atom. The van der Waals surface area contributed by atoms with Gasteiger partial charge in [-0.05, 0) is 13.3 Å². The molecule has 0 saturated carbocycles. The maximum Gasteiger partial charge on any atom is 0.202 e. The Bertz CT molecular complexity index is 442. The van der Waals surface area contributed by atoms with Crippen LogP contribution in [0.3, 0.4) is 0 Å². The van der Waals surface area contributed by atoms with Gasteiger partial charge in [0.1, 0.15) is 9.84 Å². The predicted octanol–water partition coefficient (Wildman–Crippen LogP) is 0.766. The number of nitrogens with one attached hydrogen (secondary N) is 1. The van der Waals surface area contributed by atoms with Crippen molar-refractivity contribution in [3.8, 4) is 0 Å². The van der Waals surface area contributed by atoms with E-state index in [2.05, 4.69) is 10.3 Å². The highest BCUT2D eigenvalue weighted by molar-refractivity contribution is 7.90. The first-order valence-corrected chi connectivity index (χ1v) is 8.09. The Balaban J connectivity index is 2.35. The molecule has 0 radical (unpaired) electrons. The average molecular weight is 275 g/mol. The lowest BCUT2D eigenvalue weighted by atomic mass is 10.4. The Hall–Kier alpha value is -1.08. The number of hydrogen-bond acceptors (Lipinski definition) is 5. The smallest absolute Gasteiger partial charge is 0.202 e. The fourth-order valence-electron chi connectivity index (χ4n) is 1.49. The third-order valence-electron chi connectivity index (χ3n) is 2.36. The zero-order valence-electron chi connectivity index (χ0n) is 10.9. The number of rotatable bonds is 9. The van der Waals surface area contributed by atoms with Crippen LogP contribution in [0.1, 0.15) is 13.3 Å².